The van der Waals surface area contributed by atoms with Gasteiger partial charge in [-0.25, -0.2) is 0 Å². The minimum absolute atomic E-state index is 0.180. The van der Waals surface area contributed by atoms with Crippen molar-refractivity contribution in [2.24, 2.45) is 0 Å². The zero-order chi connectivity index (χ0) is 17.6. The number of aromatic nitrogens is 4. The Morgan fingerprint density at radius 3 is 2.72 bits per heavy atom. The highest BCUT2D eigenvalue weighted by atomic mass is 16.5. The molecule has 0 aromatic carbocycles. The summed E-state index contributed by atoms with van der Waals surface area (Å²) in [5.74, 6) is -0.180. The van der Waals surface area contributed by atoms with E-state index in [-0.39, 0.29) is 11.9 Å². The number of aromatic amines is 1. The number of nitrogens with one attached hydrogen (secondary N) is 1. The molecule has 0 fully saturated rings. The van der Waals surface area contributed by atoms with Crippen LogP contribution in [0.4, 0.5) is 0 Å². The average Bonchev–Trinajstić information content (AvgIpc) is 3.16. The fourth-order valence-corrected chi connectivity index (χ4v) is 2.56. The molecule has 3 aromatic rings. The van der Waals surface area contributed by atoms with E-state index in [0.29, 0.717) is 18.0 Å². The fraction of sp³-hybridized carbons (Fsp3) is 0.222. The topological polar surface area (TPSA) is 84.0 Å². The van der Waals surface area contributed by atoms with Crippen molar-refractivity contribution in [1.82, 2.24) is 25.1 Å². The predicted octanol–water partition coefficient (Wildman–Crippen LogP) is 2.33. The second-order valence-electron chi connectivity index (χ2n) is 5.54. The van der Waals surface area contributed by atoms with Crippen molar-refractivity contribution >= 4 is 5.91 Å². The fourth-order valence-electron chi connectivity index (χ4n) is 2.56. The maximum Gasteiger partial charge on any atom is 0.272 e. The summed E-state index contributed by atoms with van der Waals surface area (Å²) in [5, 5.41) is 7.03. The SMILES string of the molecule is COCC(c1ccccn1)N(C)C(=O)c1cc(-c2ccncc2)n[nH]1. The number of H-pyrrole nitrogens is 1. The van der Waals surface area contributed by atoms with Gasteiger partial charge in [0.15, 0.2) is 0 Å². The van der Waals surface area contributed by atoms with E-state index in [4.69, 9.17) is 4.74 Å². The van der Waals surface area contributed by atoms with Gasteiger partial charge in [-0.05, 0) is 30.3 Å². The van der Waals surface area contributed by atoms with E-state index < -0.39 is 0 Å². The zero-order valence-electron chi connectivity index (χ0n) is 14.1. The Hall–Kier alpha value is -3.06. The molecule has 1 amide bonds. The lowest BCUT2D eigenvalue weighted by atomic mass is 10.1. The highest BCUT2D eigenvalue weighted by Crippen LogP contribution is 2.21. The van der Waals surface area contributed by atoms with Crippen LogP contribution in [0.1, 0.15) is 22.2 Å². The van der Waals surface area contributed by atoms with E-state index in [1.54, 1.807) is 43.7 Å². The Balaban J connectivity index is 1.83. The van der Waals surface area contributed by atoms with Crippen molar-refractivity contribution in [2.75, 3.05) is 20.8 Å². The molecular formula is C18H19N5O2. The number of pyridine rings is 2. The van der Waals surface area contributed by atoms with Crippen molar-refractivity contribution in [3.8, 4) is 11.3 Å². The van der Waals surface area contributed by atoms with E-state index in [1.807, 2.05) is 30.3 Å². The van der Waals surface area contributed by atoms with Crippen molar-refractivity contribution in [3.63, 3.8) is 0 Å². The zero-order valence-corrected chi connectivity index (χ0v) is 14.1. The van der Waals surface area contributed by atoms with Crippen LogP contribution >= 0.6 is 0 Å². The molecule has 7 heteroatoms. The van der Waals surface area contributed by atoms with Crippen LogP contribution in [-0.2, 0) is 4.74 Å². The first-order chi connectivity index (χ1) is 12.2. The third kappa shape index (κ3) is 3.72. The van der Waals surface area contributed by atoms with Gasteiger partial charge in [0.2, 0.25) is 0 Å². The number of nitrogens with zero attached hydrogens (tertiary/aromatic N) is 4. The number of amides is 1. The summed E-state index contributed by atoms with van der Waals surface area (Å²) in [6.07, 6.45) is 5.08. The maximum absolute atomic E-state index is 12.8. The molecule has 128 valence electrons. The second-order valence-corrected chi connectivity index (χ2v) is 5.54. The molecule has 1 N–H and O–H groups in total. The highest BCUT2D eigenvalue weighted by molar-refractivity contribution is 5.93. The second kappa shape index (κ2) is 7.67. The van der Waals surface area contributed by atoms with E-state index in [2.05, 4.69) is 20.2 Å². The molecule has 1 atom stereocenters. The molecule has 0 saturated carbocycles. The van der Waals surface area contributed by atoms with Crippen LogP contribution in [0, 0.1) is 0 Å². The first-order valence-corrected chi connectivity index (χ1v) is 7.83. The smallest absolute Gasteiger partial charge is 0.272 e. The number of methoxy groups -OCH3 is 1. The summed E-state index contributed by atoms with van der Waals surface area (Å²) in [7, 11) is 3.33. The van der Waals surface area contributed by atoms with Gasteiger partial charge in [-0.2, -0.15) is 5.10 Å². The first kappa shape index (κ1) is 16.8. The largest absolute Gasteiger partial charge is 0.382 e. The van der Waals surface area contributed by atoms with E-state index in [9.17, 15) is 4.79 Å². The molecule has 0 bridgehead atoms. The normalized spacial score (nSPS) is 11.9. The Kier molecular flexibility index (Phi) is 5.15. The van der Waals surface area contributed by atoms with Gasteiger partial charge in [-0.3, -0.25) is 19.9 Å². The molecular weight excluding hydrogens is 318 g/mol. The Morgan fingerprint density at radius 2 is 2.04 bits per heavy atom. The number of likely N-dealkylation sites (N-methyl/N-ethyl adjacent to an activating group) is 1. The van der Waals surface area contributed by atoms with Crippen LogP contribution in [0.5, 0.6) is 0 Å². The lowest BCUT2D eigenvalue weighted by Gasteiger charge is -2.26. The average molecular weight is 337 g/mol. The lowest BCUT2D eigenvalue weighted by Crippen LogP contribution is -2.34. The van der Waals surface area contributed by atoms with Crippen LogP contribution in [0.2, 0.25) is 0 Å². The Bertz CT molecular complexity index is 820. The summed E-state index contributed by atoms with van der Waals surface area (Å²) in [6.45, 7) is 0.352. The quantitative estimate of drug-likeness (QED) is 0.746. The number of carbonyl (C=O) groups is 1. The number of hydrogen-bond acceptors (Lipinski definition) is 5. The molecule has 0 aliphatic heterocycles. The molecule has 0 radical (unpaired) electrons. The van der Waals surface area contributed by atoms with Gasteiger partial charge in [0.1, 0.15) is 5.69 Å². The van der Waals surface area contributed by atoms with Crippen molar-refractivity contribution in [2.45, 2.75) is 6.04 Å². The van der Waals surface area contributed by atoms with Crippen molar-refractivity contribution in [3.05, 3.63) is 66.4 Å². The van der Waals surface area contributed by atoms with Gasteiger partial charge in [0.05, 0.1) is 24.0 Å². The summed E-state index contributed by atoms with van der Waals surface area (Å²) < 4.78 is 5.27. The summed E-state index contributed by atoms with van der Waals surface area (Å²) in [4.78, 5) is 22.8. The van der Waals surface area contributed by atoms with Crippen LogP contribution < -0.4 is 0 Å². The van der Waals surface area contributed by atoms with Gasteiger partial charge in [0, 0.05) is 38.3 Å². The number of rotatable bonds is 6. The van der Waals surface area contributed by atoms with Gasteiger partial charge in [-0.1, -0.05) is 6.07 Å². The molecule has 0 saturated heterocycles. The van der Waals surface area contributed by atoms with Crippen LogP contribution in [0.3, 0.4) is 0 Å². The summed E-state index contributed by atoms with van der Waals surface area (Å²) in [5.41, 5.74) is 2.77. The maximum atomic E-state index is 12.8. The summed E-state index contributed by atoms with van der Waals surface area (Å²) >= 11 is 0. The molecule has 0 aliphatic carbocycles. The minimum Gasteiger partial charge on any atom is -0.382 e. The number of carbonyl (C=O) groups excluding carboxylic acids is 1. The minimum atomic E-state index is -0.286. The molecule has 25 heavy (non-hydrogen) atoms. The van der Waals surface area contributed by atoms with Crippen molar-refractivity contribution in [1.29, 1.82) is 0 Å². The predicted molar refractivity (Wildman–Crippen MR) is 92.8 cm³/mol. The van der Waals surface area contributed by atoms with Gasteiger partial charge in [-0.15, -0.1) is 0 Å². The number of hydrogen-bond donors (Lipinski definition) is 1. The third-order valence-corrected chi connectivity index (χ3v) is 3.93. The molecule has 7 nitrogen and oxygen atoms in total. The Labute approximate surface area is 145 Å². The van der Waals surface area contributed by atoms with E-state index in [1.165, 1.54) is 0 Å². The summed E-state index contributed by atoms with van der Waals surface area (Å²) in [6, 6.07) is 10.7. The van der Waals surface area contributed by atoms with Crippen LogP contribution in [0.15, 0.2) is 55.0 Å². The van der Waals surface area contributed by atoms with Crippen LogP contribution in [0.25, 0.3) is 11.3 Å². The molecule has 3 aromatic heterocycles. The van der Waals surface area contributed by atoms with Gasteiger partial charge >= 0.3 is 0 Å². The van der Waals surface area contributed by atoms with Crippen LogP contribution in [-0.4, -0.2) is 51.7 Å². The van der Waals surface area contributed by atoms with Crippen molar-refractivity contribution < 1.29 is 9.53 Å². The first-order valence-electron chi connectivity index (χ1n) is 7.83. The van der Waals surface area contributed by atoms with Gasteiger partial charge in [0.25, 0.3) is 5.91 Å². The highest BCUT2D eigenvalue weighted by Gasteiger charge is 2.25. The standard InChI is InChI=1S/C18H19N5O2/c1-23(17(12-25-2)14-5-3-4-8-20-14)18(24)16-11-15(21-22-16)13-6-9-19-10-7-13/h3-11,17H,12H2,1-2H3,(H,21,22). The Morgan fingerprint density at radius 1 is 1.24 bits per heavy atom. The molecule has 1 unspecified atom stereocenters. The number of ether oxygens (including phenoxy) is 1. The monoisotopic (exact) mass is 337 g/mol. The van der Waals surface area contributed by atoms with E-state index >= 15 is 0 Å². The van der Waals surface area contributed by atoms with Gasteiger partial charge < -0.3 is 9.64 Å². The molecule has 3 heterocycles. The molecule has 3 rings (SSSR count). The van der Waals surface area contributed by atoms with E-state index in [0.717, 1.165) is 11.3 Å². The third-order valence-electron chi connectivity index (χ3n) is 3.93. The lowest BCUT2D eigenvalue weighted by molar-refractivity contribution is 0.0589. The molecule has 0 aliphatic rings. The molecule has 0 spiro atoms.